The van der Waals surface area contributed by atoms with E-state index in [9.17, 15) is 27.9 Å². The molecule has 168 valence electrons. The second kappa shape index (κ2) is 8.74. The molecule has 9 heteroatoms. The van der Waals surface area contributed by atoms with E-state index in [2.05, 4.69) is 15.9 Å². The van der Waals surface area contributed by atoms with E-state index in [0.717, 1.165) is 35.2 Å². The average Bonchev–Trinajstić information content (AvgIpc) is 3.06. The third-order valence-corrected chi connectivity index (χ3v) is 5.86. The van der Waals surface area contributed by atoms with E-state index >= 15 is 0 Å². The van der Waals surface area contributed by atoms with Gasteiger partial charge in [-0.15, -0.1) is 0 Å². The topological polar surface area (TPSA) is 66.8 Å². The number of Topliss-reactive ketones (excluding diaryl/α,β-unsaturated/α-hetero) is 1. The highest BCUT2D eigenvalue weighted by atomic mass is 79.9. The molecule has 0 aromatic heterocycles. The van der Waals surface area contributed by atoms with Crippen LogP contribution in [-0.2, 0) is 9.59 Å². The minimum Gasteiger partial charge on any atom is -0.507 e. The standard InChI is InChI=1S/C24H15BrF3NO4/c1-33-19-9-4-13(10-16(19)25)22(30)20-21(12-2-5-14(26)6-3-12)29(24(32)23(20)31)15-7-8-17(27)18(28)11-15/h2-11,21,30H,1H3/b22-20+. The molecule has 1 saturated heterocycles. The minimum atomic E-state index is -1.22. The van der Waals surface area contributed by atoms with Crippen LogP contribution in [0.5, 0.6) is 5.75 Å². The Morgan fingerprint density at radius 3 is 2.27 bits per heavy atom. The summed E-state index contributed by atoms with van der Waals surface area (Å²) >= 11 is 3.30. The van der Waals surface area contributed by atoms with E-state index in [1.54, 1.807) is 6.07 Å². The molecule has 0 radical (unpaired) electrons. The highest BCUT2D eigenvalue weighted by Crippen LogP contribution is 2.43. The van der Waals surface area contributed by atoms with Crippen LogP contribution in [0.25, 0.3) is 5.76 Å². The molecular formula is C24H15BrF3NO4. The lowest BCUT2D eigenvalue weighted by molar-refractivity contribution is -0.132. The number of aliphatic hydroxyl groups is 1. The third-order valence-electron chi connectivity index (χ3n) is 5.24. The zero-order valence-electron chi connectivity index (χ0n) is 17.0. The molecule has 1 aliphatic rings. The van der Waals surface area contributed by atoms with E-state index in [4.69, 9.17) is 4.74 Å². The summed E-state index contributed by atoms with van der Waals surface area (Å²) in [5, 5.41) is 11.1. The van der Waals surface area contributed by atoms with Crippen molar-refractivity contribution < 1.29 is 32.6 Å². The molecule has 1 heterocycles. The molecule has 1 fully saturated rings. The normalized spacial score (nSPS) is 17.5. The molecule has 0 saturated carbocycles. The predicted molar refractivity (Wildman–Crippen MR) is 118 cm³/mol. The number of carbonyl (C=O) groups is 2. The molecule has 3 aromatic rings. The maximum atomic E-state index is 13.9. The molecule has 3 aromatic carbocycles. The van der Waals surface area contributed by atoms with Gasteiger partial charge in [0.2, 0.25) is 0 Å². The summed E-state index contributed by atoms with van der Waals surface area (Å²) in [7, 11) is 1.46. The Hall–Kier alpha value is -3.59. The van der Waals surface area contributed by atoms with Gasteiger partial charge in [0.1, 0.15) is 17.3 Å². The molecule has 1 N–H and O–H groups in total. The number of amides is 1. The maximum absolute atomic E-state index is 13.9. The molecule has 5 nitrogen and oxygen atoms in total. The van der Waals surface area contributed by atoms with Gasteiger partial charge in [-0.05, 0) is 64.0 Å². The molecule has 1 aliphatic heterocycles. The number of hydrogen-bond donors (Lipinski definition) is 1. The largest absolute Gasteiger partial charge is 0.507 e. The van der Waals surface area contributed by atoms with Crippen LogP contribution in [0.2, 0.25) is 0 Å². The van der Waals surface area contributed by atoms with Gasteiger partial charge in [-0.25, -0.2) is 13.2 Å². The molecule has 1 atom stereocenters. The van der Waals surface area contributed by atoms with Crippen molar-refractivity contribution in [2.75, 3.05) is 12.0 Å². The molecule has 1 amide bonds. The molecule has 0 bridgehead atoms. The van der Waals surface area contributed by atoms with Crippen LogP contribution in [0.15, 0.2) is 70.7 Å². The Bertz CT molecular complexity index is 1310. The van der Waals surface area contributed by atoms with E-state index in [1.807, 2.05) is 0 Å². The Kier molecular flexibility index (Phi) is 5.99. The Morgan fingerprint density at radius 1 is 0.970 bits per heavy atom. The number of carbonyl (C=O) groups excluding carboxylic acids is 2. The lowest BCUT2D eigenvalue weighted by Gasteiger charge is -2.25. The van der Waals surface area contributed by atoms with Gasteiger partial charge in [-0.3, -0.25) is 14.5 Å². The van der Waals surface area contributed by atoms with Crippen molar-refractivity contribution in [1.29, 1.82) is 0 Å². The number of nitrogens with zero attached hydrogens (tertiary/aromatic N) is 1. The van der Waals surface area contributed by atoms with Crippen LogP contribution in [-0.4, -0.2) is 23.9 Å². The van der Waals surface area contributed by atoms with Gasteiger partial charge in [-0.2, -0.15) is 0 Å². The third kappa shape index (κ3) is 4.00. The SMILES string of the molecule is COc1ccc(/C(O)=C2\C(=O)C(=O)N(c3ccc(F)c(F)c3)C2c2ccc(F)cc2)cc1Br. The minimum absolute atomic E-state index is 0.0970. The second-order valence-corrected chi connectivity index (χ2v) is 8.02. The summed E-state index contributed by atoms with van der Waals surface area (Å²) in [5.41, 5.74) is 0.112. The van der Waals surface area contributed by atoms with Gasteiger partial charge < -0.3 is 9.84 Å². The van der Waals surface area contributed by atoms with Crippen molar-refractivity contribution in [2.45, 2.75) is 6.04 Å². The Morgan fingerprint density at radius 2 is 1.67 bits per heavy atom. The summed E-state index contributed by atoms with van der Waals surface area (Å²) in [6.07, 6.45) is 0. The fraction of sp³-hybridized carbons (Fsp3) is 0.0833. The number of methoxy groups -OCH3 is 1. The zero-order chi connectivity index (χ0) is 23.9. The highest BCUT2D eigenvalue weighted by Gasteiger charge is 2.47. The van der Waals surface area contributed by atoms with Crippen LogP contribution in [0.1, 0.15) is 17.2 Å². The smallest absolute Gasteiger partial charge is 0.300 e. The van der Waals surface area contributed by atoms with Gasteiger partial charge in [-0.1, -0.05) is 12.1 Å². The highest BCUT2D eigenvalue weighted by molar-refractivity contribution is 9.10. The fourth-order valence-electron chi connectivity index (χ4n) is 3.66. The monoisotopic (exact) mass is 517 g/mol. The van der Waals surface area contributed by atoms with Crippen LogP contribution >= 0.6 is 15.9 Å². The first-order chi connectivity index (χ1) is 15.7. The first-order valence-corrected chi connectivity index (χ1v) is 10.4. The van der Waals surface area contributed by atoms with Crippen molar-refractivity contribution in [2.24, 2.45) is 0 Å². The van der Waals surface area contributed by atoms with Crippen LogP contribution in [0, 0.1) is 17.5 Å². The van der Waals surface area contributed by atoms with E-state index < -0.39 is 40.9 Å². The Balaban J connectivity index is 1.94. The van der Waals surface area contributed by atoms with E-state index in [-0.39, 0.29) is 22.4 Å². The summed E-state index contributed by atoms with van der Waals surface area (Å²) in [5.74, 6) is -4.99. The molecule has 0 spiro atoms. The maximum Gasteiger partial charge on any atom is 0.300 e. The first-order valence-electron chi connectivity index (χ1n) is 9.58. The number of aliphatic hydroxyl groups excluding tert-OH is 1. The molecule has 0 aliphatic carbocycles. The number of ketones is 1. The fourth-order valence-corrected chi connectivity index (χ4v) is 4.20. The summed E-state index contributed by atoms with van der Waals surface area (Å²) in [6.45, 7) is 0. The van der Waals surface area contributed by atoms with Crippen LogP contribution in [0.4, 0.5) is 18.9 Å². The predicted octanol–water partition coefficient (Wildman–Crippen LogP) is 5.50. The van der Waals surface area contributed by atoms with Crippen LogP contribution in [0.3, 0.4) is 0 Å². The van der Waals surface area contributed by atoms with Gasteiger partial charge in [0.15, 0.2) is 11.6 Å². The number of ether oxygens (including phenoxy) is 1. The van der Waals surface area contributed by atoms with Crippen molar-refractivity contribution in [3.8, 4) is 5.75 Å². The number of rotatable bonds is 4. The summed E-state index contributed by atoms with van der Waals surface area (Å²) in [4.78, 5) is 27.0. The molecule has 1 unspecified atom stereocenters. The lowest BCUT2D eigenvalue weighted by atomic mass is 9.95. The molecule has 4 rings (SSSR count). The van der Waals surface area contributed by atoms with Crippen molar-refractivity contribution in [1.82, 2.24) is 0 Å². The van der Waals surface area contributed by atoms with Crippen molar-refractivity contribution in [3.63, 3.8) is 0 Å². The molecule has 33 heavy (non-hydrogen) atoms. The summed E-state index contributed by atoms with van der Waals surface area (Å²) < 4.78 is 46.7. The van der Waals surface area contributed by atoms with Crippen molar-refractivity contribution >= 4 is 39.1 Å². The Labute approximate surface area is 194 Å². The van der Waals surface area contributed by atoms with Gasteiger partial charge in [0.05, 0.1) is 23.2 Å². The number of halogens is 4. The zero-order valence-corrected chi connectivity index (χ0v) is 18.6. The van der Waals surface area contributed by atoms with E-state index in [0.29, 0.717) is 10.2 Å². The van der Waals surface area contributed by atoms with Crippen LogP contribution < -0.4 is 9.64 Å². The number of hydrogen-bond acceptors (Lipinski definition) is 4. The van der Waals surface area contributed by atoms with E-state index in [1.165, 1.54) is 31.4 Å². The number of anilines is 1. The quantitative estimate of drug-likeness (QED) is 0.282. The first kappa shape index (κ1) is 22.6. The van der Waals surface area contributed by atoms with Gasteiger partial charge in [0.25, 0.3) is 11.7 Å². The number of benzene rings is 3. The second-order valence-electron chi connectivity index (χ2n) is 7.17. The summed E-state index contributed by atoms with van der Waals surface area (Å²) in [6, 6.07) is 11.0. The van der Waals surface area contributed by atoms with Gasteiger partial charge >= 0.3 is 0 Å². The lowest BCUT2D eigenvalue weighted by Crippen LogP contribution is -2.29. The average molecular weight is 518 g/mol. The van der Waals surface area contributed by atoms with Gasteiger partial charge in [0, 0.05) is 17.3 Å². The molecular weight excluding hydrogens is 503 g/mol. The van der Waals surface area contributed by atoms with Crippen molar-refractivity contribution in [3.05, 3.63) is 99.3 Å².